The minimum atomic E-state index is -1.40. The van der Waals surface area contributed by atoms with E-state index in [9.17, 15) is 9.59 Å². The molecule has 0 bridgehead atoms. The second-order valence-electron chi connectivity index (χ2n) is 5.95. The number of benzene rings is 2. The third kappa shape index (κ3) is 5.38. The predicted octanol–water partition coefficient (Wildman–Crippen LogP) is 4.05. The zero-order chi connectivity index (χ0) is 22.3. The minimum Gasteiger partial charge on any atom is -0.497 e. The van der Waals surface area contributed by atoms with E-state index >= 15 is 0 Å². The van der Waals surface area contributed by atoms with Crippen molar-refractivity contribution < 1.29 is 28.5 Å². The molecule has 0 aromatic heterocycles. The van der Waals surface area contributed by atoms with E-state index in [-0.39, 0.29) is 16.5 Å². The highest BCUT2D eigenvalue weighted by Gasteiger charge is 2.25. The maximum absolute atomic E-state index is 12.7. The third-order valence-electron chi connectivity index (χ3n) is 4.02. The van der Waals surface area contributed by atoms with Crippen molar-refractivity contribution in [3.8, 4) is 23.0 Å². The van der Waals surface area contributed by atoms with E-state index in [4.69, 9.17) is 30.5 Å². The first-order valence-electron chi connectivity index (χ1n) is 8.70. The van der Waals surface area contributed by atoms with E-state index in [1.807, 2.05) is 0 Å². The summed E-state index contributed by atoms with van der Waals surface area (Å²) in [4.78, 5) is 24.8. The fourth-order valence-electron chi connectivity index (χ4n) is 2.49. The number of carbonyl (C=O) groups is 2. The highest BCUT2D eigenvalue weighted by Crippen LogP contribution is 2.37. The number of nitrogens with one attached hydrogen (secondary N) is 1. The van der Waals surface area contributed by atoms with Gasteiger partial charge in [-0.25, -0.2) is 0 Å². The van der Waals surface area contributed by atoms with Crippen LogP contribution in [-0.4, -0.2) is 46.2 Å². The number of hydrogen-bond acceptors (Lipinski definition) is 8. The number of Topliss-reactive ketones (excluding diaryl/α,β-unsaturated/α-hetero) is 1. The quantitative estimate of drug-likeness (QED) is 0.470. The van der Waals surface area contributed by atoms with Crippen LogP contribution in [-0.2, 0) is 9.59 Å². The van der Waals surface area contributed by atoms with E-state index in [1.165, 1.54) is 47.5 Å². The highest BCUT2D eigenvalue weighted by molar-refractivity contribution is 6.33. The zero-order valence-electron chi connectivity index (χ0n) is 17.2. The van der Waals surface area contributed by atoms with Crippen molar-refractivity contribution in [3.05, 3.63) is 35.4 Å². The summed E-state index contributed by atoms with van der Waals surface area (Å²) in [6.07, 6.45) is 0. The number of hydrogen-bond donors (Lipinski definition) is 1. The molecule has 0 radical (unpaired) electrons. The van der Waals surface area contributed by atoms with Crippen molar-refractivity contribution >= 4 is 34.7 Å². The molecule has 160 valence electrons. The van der Waals surface area contributed by atoms with Gasteiger partial charge < -0.3 is 24.3 Å². The lowest BCUT2D eigenvalue weighted by atomic mass is 10.2. The van der Waals surface area contributed by atoms with Crippen molar-refractivity contribution in [2.45, 2.75) is 13.0 Å². The molecule has 1 atom stereocenters. The van der Waals surface area contributed by atoms with Gasteiger partial charge in [0.25, 0.3) is 5.91 Å². The maximum atomic E-state index is 12.7. The molecule has 2 aromatic rings. The molecule has 2 rings (SSSR count). The molecule has 0 spiro atoms. The second-order valence-corrected chi connectivity index (χ2v) is 6.35. The first-order chi connectivity index (χ1) is 14.3. The number of carbonyl (C=O) groups excluding carboxylic acids is 2. The van der Waals surface area contributed by atoms with Gasteiger partial charge in [-0.05, 0) is 19.1 Å². The lowest BCUT2D eigenvalue weighted by molar-refractivity contribution is -0.126. The smallest absolute Gasteiger partial charge is 0.258 e. The molecule has 1 unspecified atom stereocenters. The van der Waals surface area contributed by atoms with Gasteiger partial charge >= 0.3 is 0 Å². The molecule has 10 heteroatoms. The maximum Gasteiger partial charge on any atom is 0.258 e. The number of nitrogens with zero attached hydrogens (tertiary/aromatic N) is 2. The molecule has 1 amide bonds. The Labute approximate surface area is 178 Å². The lowest BCUT2D eigenvalue weighted by Crippen LogP contribution is -2.32. The summed E-state index contributed by atoms with van der Waals surface area (Å²) < 4.78 is 20.7. The van der Waals surface area contributed by atoms with E-state index in [0.29, 0.717) is 22.9 Å². The van der Waals surface area contributed by atoms with Crippen LogP contribution in [0.2, 0.25) is 5.02 Å². The Balaban J connectivity index is 2.32. The first-order valence-corrected chi connectivity index (χ1v) is 9.08. The summed E-state index contributed by atoms with van der Waals surface area (Å²) in [5.74, 6) is 0.357. The van der Waals surface area contributed by atoms with E-state index in [1.54, 1.807) is 18.2 Å². The van der Waals surface area contributed by atoms with Gasteiger partial charge in [-0.15, -0.1) is 0 Å². The Kier molecular flexibility index (Phi) is 7.99. The van der Waals surface area contributed by atoms with Crippen molar-refractivity contribution in [2.75, 3.05) is 33.8 Å². The normalized spacial score (nSPS) is 11.7. The Morgan fingerprint density at radius 2 is 1.67 bits per heavy atom. The second kappa shape index (κ2) is 10.4. The number of azo groups is 1. The molecule has 0 saturated heterocycles. The molecular formula is C20H22ClN3O6. The van der Waals surface area contributed by atoms with Gasteiger partial charge in [0.1, 0.15) is 22.9 Å². The molecule has 0 saturated carbocycles. The van der Waals surface area contributed by atoms with Gasteiger partial charge in [-0.1, -0.05) is 11.6 Å². The van der Waals surface area contributed by atoms with Gasteiger partial charge in [0.15, 0.2) is 11.5 Å². The topological polar surface area (TPSA) is 108 Å². The Morgan fingerprint density at radius 1 is 0.967 bits per heavy atom. The fraction of sp³-hybridized carbons (Fsp3) is 0.300. The zero-order valence-corrected chi connectivity index (χ0v) is 17.9. The van der Waals surface area contributed by atoms with E-state index in [0.717, 1.165) is 0 Å². The van der Waals surface area contributed by atoms with E-state index in [2.05, 4.69) is 15.5 Å². The number of methoxy groups -OCH3 is 4. The molecule has 2 aromatic carbocycles. The average molecular weight is 436 g/mol. The number of rotatable bonds is 9. The average Bonchev–Trinajstić information content (AvgIpc) is 2.73. The first kappa shape index (κ1) is 23.0. The van der Waals surface area contributed by atoms with Crippen LogP contribution in [0.25, 0.3) is 0 Å². The minimum absolute atomic E-state index is 0.224. The van der Waals surface area contributed by atoms with Crippen LogP contribution in [0, 0.1) is 0 Å². The van der Waals surface area contributed by atoms with Gasteiger partial charge in [0, 0.05) is 18.2 Å². The Hall–Kier alpha value is -3.33. The summed E-state index contributed by atoms with van der Waals surface area (Å²) in [7, 11) is 5.84. The number of anilines is 1. The van der Waals surface area contributed by atoms with Gasteiger partial charge in [-0.3, -0.25) is 9.59 Å². The molecule has 9 nitrogen and oxygen atoms in total. The van der Waals surface area contributed by atoms with Crippen molar-refractivity contribution in [3.63, 3.8) is 0 Å². The summed E-state index contributed by atoms with van der Waals surface area (Å²) in [5, 5.41) is 10.7. The summed E-state index contributed by atoms with van der Waals surface area (Å²) in [5.41, 5.74) is 0.565. The monoisotopic (exact) mass is 435 g/mol. The Bertz CT molecular complexity index is 964. The largest absolute Gasteiger partial charge is 0.497 e. The summed E-state index contributed by atoms with van der Waals surface area (Å²) in [6, 6.07) is 6.52. The number of halogens is 1. The molecule has 30 heavy (non-hydrogen) atoms. The molecule has 0 aliphatic carbocycles. The van der Waals surface area contributed by atoms with Gasteiger partial charge in [0.2, 0.25) is 6.04 Å². The van der Waals surface area contributed by atoms with Crippen LogP contribution < -0.4 is 24.3 Å². The fourth-order valence-corrected chi connectivity index (χ4v) is 2.78. The lowest BCUT2D eigenvalue weighted by Gasteiger charge is -2.15. The third-order valence-corrected chi connectivity index (χ3v) is 4.30. The summed E-state index contributed by atoms with van der Waals surface area (Å²) in [6.45, 7) is 1.24. The predicted molar refractivity (Wildman–Crippen MR) is 112 cm³/mol. The van der Waals surface area contributed by atoms with Crippen LogP contribution >= 0.6 is 11.6 Å². The molecule has 0 aliphatic rings. The van der Waals surface area contributed by atoms with Crippen LogP contribution in [0.3, 0.4) is 0 Å². The molecule has 0 heterocycles. The van der Waals surface area contributed by atoms with Crippen LogP contribution in [0.15, 0.2) is 40.6 Å². The van der Waals surface area contributed by atoms with Crippen molar-refractivity contribution in [1.82, 2.24) is 0 Å². The number of amides is 1. The van der Waals surface area contributed by atoms with Crippen LogP contribution in [0.4, 0.5) is 11.4 Å². The van der Waals surface area contributed by atoms with Crippen LogP contribution in [0.1, 0.15) is 6.92 Å². The van der Waals surface area contributed by atoms with Gasteiger partial charge in [-0.2, -0.15) is 10.2 Å². The molecule has 0 fully saturated rings. The molecular weight excluding hydrogens is 414 g/mol. The Morgan fingerprint density at radius 3 is 2.23 bits per heavy atom. The molecule has 0 aliphatic heterocycles. The van der Waals surface area contributed by atoms with Crippen molar-refractivity contribution in [2.24, 2.45) is 10.2 Å². The van der Waals surface area contributed by atoms with Crippen LogP contribution in [0.5, 0.6) is 23.0 Å². The van der Waals surface area contributed by atoms with Gasteiger partial charge in [0.05, 0.1) is 39.1 Å². The standard InChI is InChI=1S/C20H22ClN3O6/c1-11(25)18(24-23-15-7-6-12(27-2)10-17(15)29-4)20(26)22-16-9-13(28-3)8-14(21)19(16)30-5/h6-10,18H,1-5H3,(H,22,26). The number of ether oxygens (including phenoxy) is 4. The van der Waals surface area contributed by atoms with Crippen molar-refractivity contribution in [1.29, 1.82) is 0 Å². The highest BCUT2D eigenvalue weighted by atomic mass is 35.5. The number of ketones is 1. The summed E-state index contributed by atoms with van der Waals surface area (Å²) >= 11 is 6.15. The van der Waals surface area contributed by atoms with E-state index < -0.39 is 17.7 Å². The SMILES string of the molecule is COc1cc(Cl)c(OC)c(NC(=O)C(N=Nc2ccc(OC)cc2OC)C(C)=O)c1. The molecule has 1 N–H and O–H groups in total.